The maximum absolute atomic E-state index is 13.2. The van der Waals surface area contributed by atoms with Gasteiger partial charge in [-0.3, -0.25) is 4.79 Å². The summed E-state index contributed by atoms with van der Waals surface area (Å²) < 4.78 is 49.3. The van der Waals surface area contributed by atoms with Crippen LogP contribution in [0.4, 0.5) is 13.2 Å². The molecule has 0 spiro atoms. The number of methoxy groups -OCH3 is 2. The lowest BCUT2D eigenvalue weighted by molar-refractivity contribution is -0.147. The normalized spacial score (nSPS) is 20.9. The van der Waals surface area contributed by atoms with E-state index in [2.05, 4.69) is 0 Å². The number of halogens is 3. The van der Waals surface area contributed by atoms with Crippen molar-refractivity contribution in [1.29, 1.82) is 10.5 Å². The smallest absolute Gasteiger partial charge is 0.416 e. The van der Waals surface area contributed by atoms with Gasteiger partial charge in [0.1, 0.15) is 11.7 Å². The van der Waals surface area contributed by atoms with Crippen molar-refractivity contribution in [3.63, 3.8) is 0 Å². The molecule has 0 saturated carbocycles. The van der Waals surface area contributed by atoms with Gasteiger partial charge in [0.05, 0.1) is 43.4 Å². The van der Waals surface area contributed by atoms with E-state index in [9.17, 15) is 38.4 Å². The van der Waals surface area contributed by atoms with Crippen molar-refractivity contribution in [3.05, 3.63) is 76.6 Å². The summed E-state index contributed by atoms with van der Waals surface area (Å²) in [6.07, 6.45) is -2.83. The van der Waals surface area contributed by atoms with Crippen molar-refractivity contribution in [2.24, 2.45) is 11.3 Å². The number of hydrogen-bond acceptors (Lipinski definition) is 8. The van der Waals surface area contributed by atoms with E-state index in [0.29, 0.717) is 0 Å². The van der Waals surface area contributed by atoms with Crippen LogP contribution in [0.1, 0.15) is 28.5 Å². The summed E-state index contributed by atoms with van der Waals surface area (Å²) in [6, 6.07) is 13.9. The van der Waals surface area contributed by atoms with E-state index in [0.717, 1.165) is 43.4 Å². The van der Waals surface area contributed by atoms with Gasteiger partial charge in [-0.1, -0.05) is 24.3 Å². The number of carbonyl (C=O) groups excluding carboxylic acids is 2. The first kappa shape index (κ1) is 27.6. The summed E-state index contributed by atoms with van der Waals surface area (Å²) in [5.41, 5.74) is -3.43. The van der Waals surface area contributed by atoms with E-state index in [4.69, 9.17) is 9.47 Å². The van der Waals surface area contributed by atoms with E-state index in [1.165, 1.54) is 11.8 Å². The number of aliphatic hydroxyl groups excluding tert-OH is 1. The van der Waals surface area contributed by atoms with Crippen LogP contribution in [0.25, 0.3) is 0 Å². The summed E-state index contributed by atoms with van der Waals surface area (Å²) in [5.74, 6) is -7.63. The largest absolute Gasteiger partial charge is 0.511 e. The summed E-state index contributed by atoms with van der Waals surface area (Å²) in [6.45, 7) is 0. The van der Waals surface area contributed by atoms with Crippen LogP contribution in [0.3, 0.4) is 0 Å². The molecular weight excluding hydrogens is 509 g/mol. The number of aliphatic hydroxyl groups is 1. The Morgan fingerprint density at radius 2 is 1.51 bits per heavy atom. The first-order valence-electron chi connectivity index (χ1n) is 10.7. The molecule has 0 aliphatic heterocycles. The minimum atomic E-state index is -4.66. The van der Waals surface area contributed by atoms with Gasteiger partial charge in [-0.05, 0) is 41.6 Å². The van der Waals surface area contributed by atoms with Gasteiger partial charge in [-0.25, -0.2) is 4.79 Å². The van der Waals surface area contributed by atoms with Gasteiger partial charge < -0.3 is 14.6 Å². The number of benzene rings is 2. The first-order valence-corrected chi connectivity index (χ1v) is 12.0. The lowest BCUT2D eigenvalue weighted by atomic mass is 9.54. The number of hydrogen-bond donors (Lipinski definition) is 1. The van der Waals surface area contributed by atoms with Crippen LogP contribution in [0.2, 0.25) is 0 Å². The molecule has 37 heavy (non-hydrogen) atoms. The predicted molar refractivity (Wildman–Crippen MR) is 126 cm³/mol. The van der Waals surface area contributed by atoms with Gasteiger partial charge in [-0.15, -0.1) is 11.8 Å². The molecule has 0 saturated heterocycles. The van der Waals surface area contributed by atoms with Crippen LogP contribution in [-0.4, -0.2) is 37.5 Å². The van der Waals surface area contributed by atoms with Crippen molar-refractivity contribution in [2.75, 3.05) is 20.5 Å². The Hall–Kier alpha value is -3.96. The SMILES string of the molecule is COC(=O)C1=C(O)[C@H](C(=O)OC)[C@H](c2ccc(C(F)(F)F)cc2)C(C#N)(C#N)[C@@H]1c1ccc(SC)cc1. The van der Waals surface area contributed by atoms with E-state index in [1.54, 1.807) is 24.3 Å². The third kappa shape index (κ3) is 4.75. The Balaban J connectivity index is 2.43. The van der Waals surface area contributed by atoms with Crippen LogP contribution in [0, 0.1) is 34.0 Å². The molecule has 0 unspecified atom stereocenters. The topological polar surface area (TPSA) is 120 Å². The summed E-state index contributed by atoms with van der Waals surface area (Å²) >= 11 is 1.42. The lowest BCUT2D eigenvalue weighted by Crippen LogP contribution is -2.47. The van der Waals surface area contributed by atoms with Crippen LogP contribution in [0.5, 0.6) is 0 Å². The molecule has 2 aromatic carbocycles. The van der Waals surface area contributed by atoms with Crippen molar-refractivity contribution < 1.29 is 37.3 Å². The standard InChI is InChI=1S/C26H21F3N2O5S/c1-35-23(33)18-20(14-4-8-16(9-5-14)26(27,28)29)25(12-30,13-31)21(19(22(18)32)24(34)36-2)15-6-10-17(37-3)11-7-15/h4-11,18,20-21,32H,1-3H3/t18-,20+,21-/m1/s1. The second kappa shape index (κ2) is 10.6. The Labute approximate surface area is 215 Å². The Morgan fingerprint density at radius 1 is 0.973 bits per heavy atom. The number of nitrogens with zero attached hydrogens (tertiary/aromatic N) is 2. The first-order chi connectivity index (χ1) is 17.5. The molecule has 0 amide bonds. The molecule has 3 atom stereocenters. The molecule has 1 aliphatic rings. The van der Waals surface area contributed by atoms with Gasteiger partial charge in [0.2, 0.25) is 0 Å². The third-order valence-electron chi connectivity index (χ3n) is 6.42. The molecule has 7 nitrogen and oxygen atoms in total. The second-order valence-corrected chi connectivity index (χ2v) is 9.07. The number of esters is 2. The average molecular weight is 531 g/mol. The highest BCUT2D eigenvalue weighted by Gasteiger charge is 2.61. The maximum atomic E-state index is 13.2. The lowest BCUT2D eigenvalue weighted by Gasteiger charge is -2.44. The third-order valence-corrected chi connectivity index (χ3v) is 7.16. The number of alkyl halides is 3. The summed E-state index contributed by atoms with van der Waals surface area (Å²) in [5, 5.41) is 32.2. The fraction of sp³-hybridized carbons (Fsp3) is 0.308. The predicted octanol–water partition coefficient (Wildman–Crippen LogP) is 5.12. The highest BCUT2D eigenvalue weighted by Crippen LogP contribution is 2.59. The Morgan fingerprint density at radius 3 is 1.95 bits per heavy atom. The number of nitriles is 2. The van der Waals surface area contributed by atoms with E-state index >= 15 is 0 Å². The molecule has 0 fully saturated rings. The van der Waals surface area contributed by atoms with Crippen molar-refractivity contribution in [2.45, 2.75) is 22.9 Å². The average Bonchev–Trinajstić information content (AvgIpc) is 2.91. The van der Waals surface area contributed by atoms with Crippen molar-refractivity contribution in [1.82, 2.24) is 0 Å². The molecule has 2 aromatic rings. The van der Waals surface area contributed by atoms with Gasteiger partial charge in [0, 0.05) is 10.8 Å². The summed E-state index contributed by atoms with van der Waals surface area (Å²) in [4.78, 5) is 26.7. The van der Waals surface area contributed by atoms with E-state index in [-0.39, 0.29) is 11.1 Å². The van der Waals surface area contributed by atoms with Crippen LogP contribution in [0.15, 0.2) is 64.8 Å². The number of carbonyl (C=O) groups is 2. The molecule has 1 aliphatic carbocycles. The number of ether oxygens (including phenoxy) is 2. The molecular formula is C26H21F3N2O5S. The zero-order valence-corrected chi connectivity index (χ0v) is 20.7. The highest BCUT2D eigenvalue weighted by molar-refractivity contribution is 7.98. The monoisotopic (exact) mass is 530 g/mol. The minimum absolute atomic E-state index is 0.00676. The zero-order chi connectivity index (χ0) is 27.5. The van der Waals surface area contributed by atoms with E-state index in [1.807, 2.05) is 18.4 Å². The molecule has 192 valence electrons. The van der Waals surface area contributed by atoms with Gasteiger partial charge in [0.15, 0.2) is 5.41 Å². The van der Waals surface area contributed by atoms with Gasteiger partial charge in [0.25, 0.3) is 0 Å². The number of rotatable bonds is 5. The molecule has 11 heteroatoms. The molecule has 0 bridgehead atoms. The molecule has 3 rings (SSSR count). The quantitative estimate of drug-likeness (QED) is 0.418. The maximum Gasteiger partial charge on any atom is 0.416 e. The number of thioether (sulfide) groups is 1. The highest BCUT2D eigenvalue weighted by atomic mass is 32.2. The Kier molecular flexibility index (Phi) is 7.89. The van der Waals surface area contributed by atoms with E-state index < -0.39 is 58.2 Å². The van der Waals surface area contributed by atoms with Gasteiger partial charge in [-0.2, -0.15) is 23.7 Å². The van der Waals surface area contributed by atoms with Crippen LogP contribution >= 0.6 is 11.8 Å². The van der Waals surface area contributed by atoms with Crippen molar-refractivity contribution in [3.8, 4) is 12.1 Å². The summed E-state index contributed by atoms with van der Waals surface area (Å²) in [7, 11) is 2.04. The minimum Gasteiger partial charge on any atom is -0.511 e. The molecule has 0 radical (unpaired) electrons. The zero-order valence-electron chi connectivity index (χ0n) is 19.9. The van der Waals surface area contributed by atoms with Gasteiger partial charge >= 0.3 is 18.1 Å². The van der Waals surface area contributed by atoms with Crippen molar-refractivity contribution >= 4 is 23.7 Å². The second-order valence-electron chi connectivity index (χ2n) is 8.19. The molecule has 0 aromatic heterocycles. The molecule has 1 N–H and O–H groups in total. The molecule has 0 heterocycles. The fourth-order valence-corrected chi connectivity index (χ4v) is 5.11. The Bertz CT molecular complexity index is 1290. The van der Waals surface area contributed by atoms with Crippen LogP contribution < -0.4 is 0 Å². The fourth-order valence-electron chi connectivity index (χ4n) is 4.70. The van der Waals surface area contributed by atoms with Crippen LogP contribution in [-0.2, 0) is 25.2 Å².